The normalized spacial score (nSPS) is 11.3. The van der Waals surface area contributed by atoms with Crippen molar-refractivity contribution in [1.29, 1.82) is 0 Å². The largest absolute Gasteiger partial charge is 0.448 e. The lowest BCUT2D eigenvalue weighted by Gasteiger charge is -2.12. The van der Waals surface area contributed by atoms with Gasteiger partial charge >= 0.3 is 11.9 Å². The first-order valence-electron chi connectivity index (χ1n) is 5.98. The fourth-order valence-corrected chi connectivity index (χ4v) is 2.04. The van der Waals surface area contributed by atoms with Crippen LogP contribution in [0, 0.1) is 17.0 Å². The maximum Gasteiger partial charge on any atom is 0.416 e. The highest BCUT2D eigenvalue weighted by Crippen LogP contribution is 2.40. The Labute approximate surface area is 128 Å². The molecule has 0 spiro atoms. The summed E-state index contributed by atoms with van der Waals surface area (Å²) in [5, 5.41) is 11.2. The Balaban J connectivity index is 2.50. The molecule has 8 heteroatoms. The van der Waals surface area contributed by atoms with Crippen molar-refractivity contribution in [3.05, 3.63) is 62.7 Å². The molecule has 0 fully saturated rings. The maximum absolute atomic E-state index is 12.6. The van der Waals surface area contributed by atoms with E-state index in [1.807, 2.05) is 0 Å². The van der Waals surface area contributed by atoms with Crippen LogP contribution in [0.2, 0.25) is 5.02 Å². The lowest BCUT2D eigenvalue weighted by molar-refractivity contribution is -0.385. The molecular weight excluding hydrogens is 323 g/mol. The minimum Gasteiger partial charge on any atom is -0.448 e. The van der Waals surface area contributed by atoms with Crippen molar-refractivity contribution in [2.24, 2.45) is 0 Å². The quantitative estimate of drug-likeness (QED) is 0.561. The number of hydrogen-bond donors (Lipinski definition) is 0. The third-order valence-corrected chi connectivity index (χ3v) is 3.16. The average Bonchev–Trinajstić information content (AvgIpc) is 2.42. The number of nitro benzene ring substituents is 1. The van der Waals surface area contributed by atoms with Crippen LogP contribution < -0.4 is 4.74 Å². The molecule has 0 aliphatic heterocycles. The van der Waals surface area contributed by atoms with E-state index in [2.05, 4.69) is 0 Å². The molecule has 0 aliphatic carbocycles. The third-order valence-electron chi connectivity index (χ3n) is 2.86. The van der Waals surface area contributed by atoms with Crippen LogP contribution in [-0.4, -0.2) is 4.92 Å². The number of nitro groups is 1. The summed E-state index contributed by atoms with van der Waals surface area (Å²) in [4.78, 5) is 10.1. The first kappa shape index (κ1) is 16.1. The van der Waals surface area contributed by atoms with Gasteiger partial charge in [0, 0.05) is 6.07 Å². The Morgan fingerprint density at radius 3 is 2.45 bits per heavy atom. The van der Waals surface area contributed by atoms with Gasteiger partial charge in [-0.3, -0.25) is 10.1 Å². The third kappa shape index (κ3) is 3.30. The summed E-state index contributed by atoms with van der Waals surface area (Å²) in [6, 6.07) is 6.89. The molecule has 0 N–H and O–H groups in total. The lowest BCUT2D eigenvalue weighted by atomic mass is 10.1. The molecule has 2 rings (SSSR count). The fraction of sp³-hybridized carbons (Fsp3) is 0.143. The average molecular weight is 332 g/mol. The maximum atomic E-state index is 12.6. The molecule has 0 amide bonds. The Morgan fingerprint density at radius 2 is 1.91 bits per heavy atom. The van der Waals surface area contributed by atoms with E-state index in [0.717, 1.165) is 6.07 Å². The van der Waals surface area contributed by atoms with E-state index in [4.69, 9.17) is 16.3 Å². The monoisotopic (exact) mass is 331 g/mol. The standard InChI is InChI=1S/C14H9ClF3NO3/c1-8-3-2-4-10(15)13(8)22-12-6-5-9(14(16,17)18)7-11(12)19(20)21/h2-7H,1H3. The predicted octanol–water partition coefficient (Wildman–Crippen LogP) is 5.37. The zero-order valence-electron chi connectivity index (χ0n) is 11.1. The zero-order valence-corrected chi connectivity index (χ0v) is 11.9. The first-order valence-corrected chi connectivity index (χ1v) is 6.36. The summed E-state index contributed by atoms with van der Waals surface area (Å²) >= 11 is 5.94. The predicted molar refractivity (Wildman–Crippen MR) is 74.4 cm³/mol. The van der Waals surface area contributed by atoms with Crippen molar-refractivity contribution in [2.45, 2.75) is 13.1 Å². The van der Waals surface area contributed by atoms with Crippen LogP contribution in [0.15, 0.2) is 36.4 Å². The van der Waals surface area contributed by atoms with Gasteiger partial charge in [0.05, 0.1) is 15.5 Å². The van der Waals surface area contributed by atoms with Gasteiger partial charge in [0.1, 0.15) is 5.75 Å². The molecule has 0 radical (unpaired) electrons. The SMILES string of the molecule is Cc1cccc(Cl)c1Oc1ccc(C(F)(F)F)cc1[N+](=O)[O-]. The van der Waals surface area contributed by atoms with Gasteiger partial charge in [-0.25, -0.2) is 0 Å². The van der Waals surface area contributed by atoms with Gasteiger partial charge in [0.2, 0.25) is 5.75 Å². The van der Waals surface area contributed by atoms with E-state index in [0.29, 0.717) is 17.7 Å². The first-order chi connectivity index (χ1) is 10.2. The molecule has 0 saturated carbocycles. The molecule has 0 bridgehead atoms. The number of benzene rings is 2. The van der Waals surface area contributed by atoms with Crippen molar-refractivity contribution in [2.75, 3.05) is 0 Å². The van der Waals surface area contributed by atoms with Gasteiger partial charge in [-0.05, 0) is 30.7 Å². The van der Waals surface area contributed by atoms with Crippen LogP contribution in [0.3, 0.4) is 0 Å². The summed E-state index contributed by atoms with van der Waals surface area (Å²) < 4.78 is 43.3. The van der Waals surface area contributed by atoms with Crippen molar-refractivity contribution < 1.29 is 22.8 Å². The second-order valence-corrected chi connectivity index (χ2v) is 4.83. The van der Waals surface area contributed by atoms with Gasteiger partial charge in [0.25, 0.3) is 0 Å². The number of alkyl halides is 3. The highest BCUT2D eigenvalue weighted by atomic mass is 35.5. The lowest BCUT2D eigenvalue weighted by Crippen LogP contribution is -2.06. The number of para-hydroxylation sites is 1. The fourth-order valence-electron chi connectivity index (χ4n) is 1.78. The minimum atomic E-state index is -4.68. The van der Waals surface area contributed by atoms with Crippen LogP contribution in [-0.2, 0) is 6.18 Å². The second-order valence-electron chi connectivity index (χ2n) is 4.43. The summed E-state index contributed by atoms with van der Waals surface area (Å²) in [6.45, 7) is 1.66. The van der Waals surface area contributed by atoms with Crippen LogP contribution in [0.1, 0.15) is 11.1 Å². The van der Waals surface area contributed by atoms with Gasteiger partial charge in [-0.15, -0.1) is 0 Å². The number of nitrogens with zero attached hydrogens (tertiary/aromatic N) is 1. The zero-order chi connectivity index (χ0) is 16.5. The van der Waals surface area contributed by atoms with E-state index in [-0.39, 0.29) is 16.5 Å². The van der Waals surface area contributed by atoms with Gasteiger partial charge < -0.3 is 4.74 Å². The van der Waals surface area contributed by atoms with Crippen LogP contribution in [0.25, 0.3) is 0 Å². The Kier molecular flexibility index (Phi) is 4.27. The van der Waals surface area contributed by atoms with Crippen molar-refractivity contribution in [1.82, 2.24) is 0 Å². The molecule has 2 aromatic rings. The Hall–Kier alpha value is -2.28. The molecular formula is C14H9ClF3NO3. The highest BCUT2D eigenvalue weighted by Gasteiger charge is 2.33. The highest BCUT2D eigenvalue weighted by molar-refractivity contribution is 6.32. The topological polar surface area (TPSA) is 52.4 Å². The molecule has 0 atom stereocenters. The molecule has 0 heterocycles. The minimum absolute atomic E-state index is 0.159. The number of halogens is 4. The summed E-state index contributed by atoms with van der Waals surface area (Å²) in [7, 11) is 0. The van der Waals surface area contributed by atoms with Crippen LogP contribution in [0.4, 0.5) is 18.9 Å². The Bertz CT molecular complexity index is 712. The number of rotatable bonds is 3. The van der Waals surface area contributed by atoms with Crippen molar-refractivity contribution in [3.63, 3.8) is 0 Å². The van der Waals surface area contributed by atoms with E-state index < -0.39 is 22.4 Å². The summed E-state index contributed by atoms with van der Waals surface area (Å²) in [6.07, 6.45) is -4.68. The molecule has 0 unspecified atom stereocenters. The van der Waals surface area contributed by atoms with Crippen LogP contribution in [0.5, 0.6) is 11.5 Å². The van der Waals surface area contributed by atoms with Gasteiger partial charge in [-0.2, -0.15) is 13.2 Å². The second kappa shape index (κ2) is 5.84. The number of aryl methyl sites for hydroxylation is 1. The van der Waals surface area contributed by atoms with Gasteiger partial charge in [-0.1, -0.05) is 23.7 Å². The van der Waals surface area contributed by atoms with Crippen molar-refractivity contribution >= 4 is 17.3 Å². The Morgan fingerprint density at radius 1 is 1.23 bits per heavy atom. The molecule has 116 valence electrons. The summed E-state index contributed by atoms with van der Waals surface area (Å²) in [5.74, 6) is -0.152. The molecule has 0 aliphatic rings. The van der Waals surface area contributed by atoms with Crippen molar-refractivity contribution in [3.8, 4) is 11.5 Å². The number of ether oxygens (including phenoxy) is 1. The van der Waals surface area contributed by atoms with E-state index in [1.54, 1.807) is 19.1 Å². The molecule has 0 aromatic heterocycles. The van der Waals surface area contributed by atoms with E-state index in [9.17, 15) is 23.3 Å². The number of hydrogen-bond acceptors (Lipinski definition) is 3. The van der Waals surface area contributed by atoms with E-state index >= 15 is 0 Å². The van der Waals surface area contributed by atoms with E-state index in [1.165, 1.54) is 6.07 Å². The molecule has 4 nitrogen and oxygen atoms in total. The summed E-state index contributed by atoms with van der Waals surface area (Å²) in [5.41, 5.74) is -1.31. The molecule has 22 heavy (non-hydrogen) atoms. The van der Waals surface area contributed by atoms with Crippen LogP contribution >= 0.6 is 11.6 Å². The molecule has 2 aromatic carbocycles. The smallest absolute Gasteiger partial charge is 0.416 e. The molecule has 0 saturated heterocycles. The van der Waals surface area contributed by atoms with Gasteiger partial charge in [0.15, 0.2) is 0 Å².